The number of aromatic nitrogens is 1. The molecule has 0 radical (unpaired) electrons. The first-order chi connectivity index (χ1) is 15.7. The zero-order valence-electron chi connectivity index (χ0n) is 19.0. The van der Waals surface area contributed by atoms with E-state index < -0.39 is 20.0 Å². The number of nitrogens with zero attached hydrogens (tertiary/aromatic N) is 4. The van der Waals surface area contributed by atoms with Crippen molar-refractivity contribution in [2.24, 2.45) is 0 Å². The third-order valence-corrected chi connectivity index (χ3v) is 10.1. The number of likely N-dealkylation sites (N-methyl/N-ethyl adjacent to an activating group) is 1. The number of rotatable bonds is 6. The van der Waals surface area contributed by atoms with E-state index in [9.17, 15) is 16.8 Å². The summed E-state index contributed by atoms with van der Waals surface area (Å²) >= 11 is 0. The molecule has 2 aromatic rings. The number of piperazine rings is 1. The van der Waals surface area contributed by atoms with Crippen LogP contribution in [0, 0.1) is 6.92 Å². The molecule has 0 atom stereocenters. The van der Waals surface area contributed by atoms with Crippen LogP contribution in [0.25, 0.3) is 0 Å². The van der Waals surface area contributed by atoms with Crippen molar-refractivity contribution in [1.82, 2.24) is 18.5 Å². The van der Waals surface area contributed by atoms with Crippen LogP contribution < -0.4 is 5.32 Å². The molecule has 4 rings (SSSR count). The van der Waals surface area contributed by atoms with Crippen LogP contribution in [-0.4, -0.2) is 87.7 Å². The summed E-state index contributed by atoms with van der Waals surface area (Å²) in [5.74, 6) is 0.590. The number of sulfonamides is 2. The highest BCUT2D eigenvalue weighted by Crippen LogP contribution is 2.23. The third-order valence-electron chi connectivity index (χ3n) is 6.30. The topological polar surface area (TPSA) is 103 Å². The van der Waals surface area contributed by atoms with Crippen molar-refractivity contribution in [2.45, 2.75) is 35.6 Å². The van der Waals surface area contributed by atoms with Crippen molar-refractivity contribution >= 4 is 25.9 Å². The minimum absolute atomic E-state index is 0.0713. The lowest BCUT2D eigenvalue weighted by Crippen LogP contribution is -2.47. The van der Waals surface area contributed by atoms with Gasteiger partial charge in [0.1, 0.15) is 10.7 Å². The molecule has 180 valence electrons. The summed E-state index contributed by atoms with van der Waals surface area (Å²) in [5, 5.41) is 3.32. The molecule has 1 aromatic carbocycles. The number of aryl methyl sites for hydroxylation is 1. The monoisotopic (exact) mass is 493 g/mol. The van der Waals surface area contributed by atoms with Crippen molar-refractivity contribution in [3.63, 3.8) is 0 Å². The fourth-order valence-electron chi connectivity index (χ4n) is 4.10. The van der Waals surface area contributed by atoms with Crippen LogP contribution in [-0.2, 0) is 20.0 Å². The maximum atomic E-state index is 12.9. The lowest BCUT2D eigenvalue weighted by molar-refractivity contribution is 0.222. The molecular formula is C22H31N5O4S2. The number of anilines is 1. The van der Waals surface area contributed by atoms with Gasteiger partial charge in [-0.1, -0.05) is 17.7 Å². The second-order valence-corrected chi connectivity index (χ2v) is 12.6. The summed E-state index contributed by atoms with van der Waals surface area (Å²) in [6, 6.07) is 10.2. The molecular weight excluding hydrogens is 462 g/mol. The van der Waals surface area contributed by atoms with E-state index >= 15 is 0 Å². The number of piperidine rings is 1. The van der Waals surface area contributed by atoms with Gasteiger partial charge in [-0.05, 0) is 51.1 Å². The van der Waals surface area contributed by atoms with E-state index in [1.807, 2.05) is 14.0 Å². The highest BCUT2D eigenvalue weighted by Gasteiger charge is 2.30. The Morgan fingerprint density at radius 3 is 1.91 bits per heavy atom. The minimum atomic E-state index is -3.55. The van der Waals surface area contributed by atoms with Crippen LogP contribution in [0.1, 0.15) is 18.4 Å². The Morgan fingerprint density at radius 1 is 0.788 bits per heavy atom. The molecule has 1 N–H and O–H groups in total. The van der Waals surface area contributed by atoms with Gasteiger partial charge in [-0.25, -0.2) is 21.8 Å². The average Bonchev–Trinajstić information content (AvgIpc) is 2.80. The molecule has 0 unspecified atom stereocenters. The molecule has 0 spiro atoms. The minimum Gasteiger partial charge on any atom is -0.367 e. The Bertz CT molecular complexity index is 1150. The Kier molecular flexibility index (Phi) is 7.06. The number of hydrogen-bond acceptors (Lipinski definition) is 7. The number of benzene rings is 1. The van der Waals surface area contributed by atoms with Crippen molar-refractivity contribution in [1.29, 1.82) is 0 Å². The Morgan fingerprint density at radius 2 is 1.33 bits per heavy atom. The summed E-state index contributed by atoms with van der Waals surface area (Å²) in [4.78, 5) is 6.93. The second kappa shape index (κ2) is 9.67. The Balaban J connectivity index is 1.34. The van der Waals surface area contributed by atoms with Gasteiger partial charge >= 0.3 is 0 Å². The molecule has 1 aromatic heterocycles. The lowest BCUT2D eigenvalue weighted by Gasteiger charge is -2.32. The van der Waals surface area contributed by atoms with Gasteiger partial charge in [0.2, 0.25) is 20.0 Å². The first-order valence-electron chi connectivity index (χ1n) is 11.1. The van der Waals surface area contributed by atoms with Crippen molar-refractivity contribution in [3.05, 3.63) is 48.2 Å². The summed E-state index contributed by atoms with van der Waals surface area (Å²) in [7, 11) is -5.06. The van der Waals surface area contributed by atoms with Crippen LogP contribution in [0.5, 0.6) is 0 Å². The van der Waals surface area contributed by atoms with Crippen molar-refractivity contribution in [2.75, 3.05) is 51.6 Å². The van der Waals surface area contributed by atoms with E-state index in [0.717, 1.165) is 5.56 Å². The summed E-state index contributed by atoms with van der Waals surface area (Å²) in [5.41, 5.74) is 1.02. The molecule has 0 aliphatic carbocycles. The van der Waals surface area contributed by atoms with Crippen LogP contribution in [0.3, 0.4) is 0 Å². The molecule has 2 fully saturated rings. The summed E-state index contributed by atoms with van der Waals surface area (Å²) in [6.07, 6.45) is 2.69. The van der Waals surface area contributed by atoms with Crippen LogP contribution in [0.2, 0.25) is 0 Å². The van der Waals surface area contributed by atoms with E-state index in [1.165, 1.54) is 14.8 Å². The van der Waals surface area contributed by atoms with Crippen LogP contribution >= 0.6 is 0 Å². The SMILES string of the molecule is Cc1ccc(S(=O)(=O)N2CCC(Nc3ccc(S(=O)(=O)N4CCN(C)CC4)cn3)CC2)cc1. The van der Waals surface area contributed by atoms with Gasteiger partial charge in [0.05, 0.1) is 4.90 Å². The summed E-state index contributed by atoms with van der Waals surface area (Å²) in [6.45, 7) is 5.14. The molecule has 11 heteroatoms. The van der Waals surface area contributed by atoms with Crippen LogP contribution in [0.15, 0.2) is 52.4 Å². The normalized spacial score (nSPS) is 20.1. The number of pyridine rings is 1. The fourth-order valence-corrected chi connectivity index (χ4v) is 6.94. The zero-order valence-corrected chi connectivity index (χ0v) is 20.6. The predicted molar refractivity (Wildman–Crippen MR) is 127 cm³/mol. The molecule has 3 heterocycles. The third kappa shape index (κ3) is 5.38. The standard InChI is InChI=1S/C22H31N5O4S2/c1-18-3-5-20(6-4-18)32(28,29)26-11-9-19(10-12-26)24-22-8-7-21(17-23-22)33(30,31)27-15-13-25(2)14-16-27/h3-8,17,19H,9-16H2,1-2H3,(H,23,24). The molecule has 2 saturated heterocycles. The Hall–Kier alpha value is -2.05. The number of hydrogen-bond donors (Lipinski definition) is 1. The van der Waals surface area contributed by atoms with Gasteiger partial charge in [0.15, 0.2) is 0 Å². The molecule has 2 aliphatic heterocycles. The fraction of sp³-hybridized carbons (Fsp3) is 0.500. The molecule has 2 aliphatic rings. The van der Waals surface area contributed by atoms with E-state index in [0.29, 0.717) is 62.8 Å². The zero-order chi connectivity index (χ0) is 23.6. The maximum Gasteiger partial charge on any atom is 0.244 e. The van der Waals surface area contributed by atoms with E-state index in [1.54, 1.807) is 36.4 Å². The van der Waals surface area contributed by atoms with Gasteiger partial charge in [-0.2, -0.15) is 8.61 Å². The average molecular weight is 494 g/mol. The second-order valence-electron chi connectivity index (χ2n) is 8.72. The van der Waals surface area contributed by atoms with Gasteiger partial charge in [0, 0.05) is 51.5 Å². The molecule has 33 heavy (non-hydrogen) atoms. The highest BCUT2D eigenvalue weighted by atomic mass is 32.2. The van der Waals surface area contributed by atoms with E-state index in [2.05, 4.69) is 15.2 Å². The smallest absolute Gasteiger partial charge is 0.244 e. The Labute approximate surface area is 196 Å². The predicted octanol–water partition coefficient (Wildman–Crippen LogP) is 1.59. The molecule has 0 amide bonds. The van der Waals surface area contributed by atoms with Gasteiger partial charge < -0.3 is 10.2 Å². The number of nitrogens with one attached hydrogen (secondary N) is 1. The largest absolute Gasteiger partial charge is 0.367 e. The highest BCUT2D eigenvalue weighted by molar-refractivity contribution is 7.89. The maximum absolute atomic E-state index is 12.9. The van der Waals surface area contributed by atoms with Crippen molar-refractivity contribution < 1.29 is 16.8 Å². The van der Waals surface area contributed by atoms with Gasteiger partial charge in [0.25, 0.3) is 0 Å². The van der Waals surface area contributed by atoms with Gasteiger partial charge in [-0.15, -0.1) is 0 Å². The quantitative estimate of drug-likeness (QED) is 0.652. The molecule has 0 saturated carbocycles. The first kappa shape index (κ1) is 24.1. The van der Waals surface area contributed by atoms with Crippen LogP contribution in [0.4, 0.5) is 5.82 Å². The van der Waals surface area contributed by atoms with Gasteiger partial charge in [-0.3, -0.25) is 0 Å². The molecule has 0 bridgehead atoms. The van der Waals surface area contributed by atoms with E-state index in [4.69, 9.17) is 0 Å². The molecule has 9 nitrogen and oxygen atoms in total. The van der Waals surface area contributed by atoms with E-state index in [-0.39, 0.29) is 10.9 Å². The lowest BCUT2D eigenvalue weighted by atomic mass is 10.1. The van der Waals surface area contributed by atoms with Crippen molar-refractivity contribution in [3.8, 4) is 0 Å². The summed E-state index contributed by atoms with van der Waals surface area (Å²) < 4.78 is 54.5. The first-order valence-corrected chi connectivity index (χ1v) is 14.0.